The van der Waals surface area contributed by atoms with E-state index in [1.807, 2.05) is 27.8 Å². The Morgan fingerprint density at radius 3 is 2.11 bits per heavy atom. The quantitative estimate of drug-likeness (QED) is 0.448. The van der Waals surface area contributed by atoms with E-state index in [0.717, 1.165) is 32.2 Å². The molecule has 6 heteroatoms. The molecule has 1 atom stereocenters. The number of ether oxygens (including phenoxy) is 2. The van der Waals surface area contributed by atoms with E-state index in [1.54, 1.807) is 11.9 Å². The number of rotatable bonds is 13. The van der Waals surface area contributed by atoms with Crippen LogP contribution in [0, 0.1) is 5.92 Å². The molecular formula is C21H42N2O4. The predicted octanol–water partition coefficient (Wildman–Crippen LogP) is 3.98. The summed E-state index contributed by atoms with van der Waals surface area (Å²) in [5.74, 6) is 0.385. The van der Waals surface area contributed by atoms with Crippen molar-refractivity contribution in [2.45, 2.75) is 78.9 Å². The maximum absolute atomic E-state index is 12.5. The summed E-state index contributed by atoms with van der Waals surface area (Å²) in [6.45, 7) is 14.1. The first-order chi connectivity index (χ1) is 12.5. The number of ketones is 1. The van der Waals surface area contributed by atoms with Crippen molar-refractivity contribution in [3.63, 3.8) is 0 Å². The second-order valence-corrected chi connectivity index (χ2v) is 8.65. The zero-order valence-corrected chi connectivity index (χ0v) is 18.8. The summed E-state index contributed by atoms with van der Waals surface area (Å²) < 4.78 is 10.9. The largest absolute Gasteiger partial charge is 0.444 e. The molecule has 0 radical (unpaired) electrons. The Labute approximate surface area is 166 Å². The van der Waals surface area contributed by atoms with Crippen molar-refractivity contribution >= 4 is 11.9 Å². The number of carbonyl (C=O) groups excluding carboxylic acids is 2. The molecule has 0 bridgehead atoms. The van der Waals surface area contributed by atoms with Gasteiger partial charge in [-0.2, -0.15) is 0 Å². The minimum absolute atomic E-state index is 0.129. The molecule has 1 amide bonds. The summed E-state index contributed by atoms with van der Waals surface area (Å²) in [5.41, 5.74) is -0.477. The molecule has 0 saturated carbocycles. The fourth-order valence-corrected chi connectivity index (χ4v) is 2.91. The smallest absolute Gasteiger partial charge is 0.410 e. The third-order valence-corrected chi connectivity index (χ3v) is 4.28. The van der Waals surface area contributed by atoms with E-state index in [4.69, 9.17) is 9.47 Å². The van der Waals surface area contributed by atoms with Crippen LogP contribution >= 0.6 is 0 Å². The molecule has 0 N–H and O–H groups in total. The van der Waals surface area contributed by atoms with Gasteiger partial charge in [-0.05, 0) is 59.5 Å². The lowest BCUT2D eigenvalue weighted by molar-refractivity contribution is -0.130. The number of amides is 1. The van der Waals surface area contributed by atoms with Crippen molar-refractivity contribution < 1.29 is 19.1 Å². The summed E-state index contributed by atoms with van der Waals surface area (Å²) >= 11 is 0. The van der Waals surface area contributed by atoms with Gasteiger partial charge in [0.05, 0.1) is 6.04 Å². The fraction of sp³-hybridized carbons (Fsp3) is 0.905. The molecule has 0 spiro atoms. The van der Waals surface area contributed by atoms with Crippen molar-refractivity contribution in [2.24, 2.45) is 5.92 Å². The number of hydrogen-bond donors (Lipinski definition) is 0. The molecule has 160 valence electrons. The van der Waals surface area contributed by atoms with Gasteiger partial charge in [0.25, 0.3) is 0 Å². The molecule has 27 heavy (non-hydrogen) atoms. The molecule has 0 aliphatic rings. The monoisotopic (exact) mass is 386 g/mol. The highest BCUT2D eigenvalue weighted by molar-refractivity contribution is 5.85. The molecule has 0 saturated heterocycles. The second kappa shape index (κ2) is 13.1. The van der Waals surface area contributed by atoms with Crippen LogP contribution in [0.25, 0.3) is 0 Å². The maximum atomic E-state index is 12.5. The van der Waals surface area contributed by atoms with Gasteiger partial charge in [0, 0.05) is 20.2 Å². The average Bonchev–Trinajstić information content (AvgIpc) is 2.53. The van der Waals surface area contributed by atoms with Gasteiger partial charge in [0.15, 0.2) is 5.78 Å². The molecule has 0 heterocycles. The van der Waals surface area contributed by atoms with Gasteiger partial charge < -0.3 is 14.4 Å². The van der Waals surface area contributed by atoms with Gasteiger partial charge in [-0.1, -0.05) is 27.2 Å². The lowest BCUT2D eigenvalue weighted by Gasteiger charge is -2.30. The van der Waals surface area contributed by atoms with Crippen LogP contribution in [0.15, 0.2) is 0 Å². The van der Waals surface area contributed by atoms with Crippen LogP contribution in [0.4, 0.5) is 4.79 Å². The zero-order valence-electron chi connectivity index (χ0n) is 18.8. The third kappa shape index (κ3) is 12.0. The second-order valence-electron chi connectivity index (χ2n) is 8.65. The Bertz CT molecular complexity index is 432. The van der Waals surface area contributed by atoms with Crippen LogP contribution < -0.4 is 0 Å². The molecule has 0 aliphatic carbocycles. The van der Waals surface area contributed by atoms with E-state index in [0.29, 0.717) is 13.2 Å². The molecule has 6 nitrogen and oxygen atoms in total. The van der Waals surface area contributed by atoms with Crippen LogP contribution in [0.1, 0.15) is 67.2 Å². The van der Waals surface area contributed by atoms with E-state index in [9.17, 15) is 9.59 Å². The van der Waals surface area contributed by atoms with Crippen LogP contribution in [-0.4, -0.2) is 73.7 Å². The molecule has 0 fully saturated rings. The van der Waals surface area contributed by atoms with Crippen molar-refractivity contribution in [3.8, 4) is 0 Å². The molecular weight excluding hydrogens is 344 g/mol. The minimum atomic E-state index is -0.477. The first-order valence-corrected chi connectivity index (χ1v) is 10.2. The number of carbonyl (C=O) groups is 2. The lowest BCUT2D eigenvalue weighted by atomic mass is 9.98. The Kier molecular flexibility index (Phi) is 12.6. The standard InChI is InChI=1S/C21H42N2O4/c1-9-10-15-26-16-18(24)19(17(2)3)22(7)13-11-12-14-23(8)20(25)27-21(4,5)6/h17,19H,9-16H2,1-8H3/t19-/m0/s1. The van der Waals surface area contributed by atoms with E-state index in [-0.39, 0.29) is 30.4 Å². The van der Waals surface area contributed by atoms with Crippen LogP contribution in [-0.2, 0) is 14.3 Å². The van der Waals surface area contributed by atoms with Crippen molar-refractivity contribution in [3.05, 3.63) is 0 Å². The van der Waals surface area contributed by atoms with Crippen LogP contribution in [0.5, 0.6) is 0 Å². The first-order valence-electron chi connectivity index (χ1n) is 10.2. The highest BCUT2D eigenvalue weighted by Gasteiger charge is 2.26. The van der Waals surface area contributed by atoms with E-state index in [1.165, 1.54) is 0 Å². The zero-order chi connectivity index (χ0) is 21.0. The Balaban J connectivity index is 4.29. The molecule has 0 rings (SSSR count). The Morgan fingerprint density at radius 1 is 1.00 bits per heavy atom. The number of likely N-dealkylation sites (N-methyl/N-ethyl adjacent to an activating group) is 1. The highest BCUT2D eigenvalue weighted by atomic mass is 16.6. The van der Waals surface area contributed by atoms with Gasteiger partial charge in [-0.15, -0.1) is 0 Å². The molecule has 0 aromatic heterocycles. The topological polar surface area (TPSA) is 59.1 Å². The van der Waals surface area contributed by atoms with Gasteiger partial charge >= 0.3 is 6.09 Å². The molecule has 0 aromatic carbocycles. The summed E-state index contributed by atoms with van der Waals surface area (Å²) in [6, 6.07) is -0.129. The Morgan fingerprint density at radius 2 is 1.59 bits per heavy atom. The van der Waals surface area contributed by atoms with Crippen molar-refractivity contribution in [1.29, 1.82) is 0 Å². The van der Waals surface area contributed by atoms with Gasteiger partial charge in [-0.3, -0.25) is 9.69 Å². The molecule has 0 aliphatic heterocycles. The highest BCUT2D eigenvalue weighted by Crippen LogP contribution is 2.13. The van der Waals surface area contributed by atoms with Crippen LogP contribution in [0.3, 0.4) is 0 Å². The number of unbranched alkanes of at least 4 members (excludes halogenated alkanes) is 2. The molecule has 0 unspecified atom stereocenters. The van der Waals surface area contributed by atoms with Crippen molar-refractivity contribution in [2.75, 3.05) is 40.4 Å². The van der Waals surface area contributed by atoms with E-state index < -0.39 is 5.60 Å². The normalized spacial score (nSPS) is 13.1. The maximum Gasteiger partial charge on any atom is 0.410 e. The van der Waals surface area contributed by atoms with E-state index in [2.05, 4.69) is 25.7 Å². The average molecular weight is 387 g/mol. The summed E-state index contributed by atoms with van der Waals surface area (Å²) in [6.07, 6.45) is 3.54. The SMILES string of the molecule is CCCCOCC(=O)[C@H](C(C)C)N(C)CCCCN(C)C(=O)OC(C)(C)C. The van der Waals surface area contributed by atoms with Crippen LogP contribution in [0.2, 0.25) is 0 Å². The number of Topliss-reactive ketones (excluding diaryl/α,β-unsaturated/α-hetero) is 1. The van der Waals surface area contributed by atoms with Gasteiger partial charge in [-0.25, -0.2) is 4.79 Å². The lowest BCUT2D eigenvalue weighted by Crippen LogP contribution is -2.44. The van der Waals surface area contributed by atoms with Gasteiger partial charge in [0.2, 0.25) is 0 Å². The minimum Gasteiger partial charge on any atom is -0.444 e. The summed E-state index contributed by atoms with van der Waals surface area (Å²) in [7, 11) is 3.75. The van der Waals surface area contributed by atoms with E-state index >= 15 is 0 Å². The van der Waals surface area contributed by atoms with Gasteiger partial charge in [0.1, 0.15) is 12.2 Å². The number of nitrogens with zero attached hydrogens (tertiary/aromatic N) is 2. The predicted molar refractivity (Wildman–Crippen MR) is 110 cm³/mol. The van der Waals surface area contributed by atoms with Crippen molar-refractivity contribution in [1.82, 2.24) is 9.80 Å². The third-order valence-electron chi connectivity index (χ3n) is 4.28. The number of hydrogen-bond acceptors (Lipinski definition) is 5. The molecule has 0 aromatic rings. The summed E-state index contributed by atoms with van der Waals surface area (Å²) in [5, 5.41) is 0. The Hall–Kier alpha value is -1.14. The first kappa shape index (κ1) is 25.9. The summed E-state index contributed by atoms with van der Waals surface area (Å²) in [4.78, 5) is 28.2. The fourth-order valence-electron chi connectivity index (χ4n) is 2.91.